The number of para-hydroxylation sites is 2. The van der Waals surface area contributed by atoms with Crippen LogP contribution in [0, 0.1) is 0 Å². The number of aromatic hydroxyl groups is 2. The van der Waals surface area contributed by atoms with Crippen LogP contribution in [-0.4, -0.2) is 33.4 Å². The Bertz CT molecular complexity index is 906. The Hall–Kier alpha value is -3.13. The van der Waals surface area contributed by atoms with Gasteiger partial charge in [-0.3, -0.25) is 4.79 Å². The van der Waals surface area contributed by atoms with Gasteiger partial charge in [-0.1, -0.05) is 29.5 Å². The van der Waals surface area contributed by atoms with Gasteiger partial charge in [0.1, 0.15) is 6.04 Å². The summed E-state index contributed by atoms with van der Waals surface area (Å²) in [7, 11) is 0. The third kappa shape index (κ3) is 3.86. The van der Waals surface area contributed by atoms with Crippen molar-refractivity contribution in [3.63, 3.8) is 0 Å². The molecule has 0 fully saturated rings. The number of nitrogens with one attached hydrogen (secondary N) is 2. The molecule has 1 amide bonds. The molecule has 2 aromatic carbocycles. The number of hydrazone groups is 1. The summed E-state index contributed by atoms with van der Waals surface area (Å²) in [4.78, 5) is 16.5. The minimum Gasteiger partial charge on any atom is -0.504 e. The molecule has 1 atom stereocenters. The Balaban J connectivity index is 1.60. The van der Waals surface area contributed by atoms with Gasteiger partial charge in [-0.2, -0.15) is 5.10 Å². The SMILES string of the molecule is C[C@@H](Nc1nc2ccccc2s1)C(=O)N/N=C/c1cccc(O)c1O. The molecule has 3 rings (SSSR count). The maximum Gasteiger partial charge on any atom is 0.262 e. The molecular formula is C17H16N4O3S. The van der Waals surface area contributed by atoms with Crippen molar-refractivity contribution in [1.82, 2.24) is 10.4 Å². The second-order valence-electron chi connectivity index (χ2n) is 5.30. The van der Waals surface area contributed by atoms with E-state index in [1.54, 1.807) is 19.1 Å². The number of anilines is 1. The summed E-state index contributed by atoms with van der Waals surface area (Å²) in [5.41, 5.74) is 3.56. The zero-order chi connectivity index (χ0) is 17.8. The molecule has 0 aliphatic heterocycles. The normalized spacial score (nSPS) is 12.4. The number of nitrogens with zero attached hydrogens (tertiary/aromatic N) is 2. The van der Waals surface area contributed by atoms with Crippen molar-refractivity contribution in [2.75, 3.05) is 5.32 Å². The van der Waals surface area contributed by atoms with Gasteiger partial charge >= 0.3 is 0 Å². The van der Waals surface area contributed by atoms with Crippen LogP contribution < -0.4 is 10.7 Å². The first kappa shape index (κ1) is 16.7. The fourth-order valence-corrected chi connectivity index (χ4v) is 3.05. The lowest BCUT2D eigenvalue weighted by Gasteiger charge is -2.10. The zero-order valence-corrected chi connectivity index (χ0v) is 14.1. The number of phenolic OH excluding ortho intramolecular Hbond substituents is 2. The van der Waals surface area contributed by atoms with Crippen LogP contribution in [0.25, 0.3) is 10.2 Å². The average molecular weight is 356 g/mol. The predicted octanol–water partition coefficient (Wildman–Crippen LogP) is 2.66. The number of phenols is 2. The van der Waals surface area contributed by atoms with Gasteiger partial charge in [0.05, 0.1) is 16.4 Å². The summed E-state index contributed by atoms with van der Waals surface area (Å²) < 4.78 is 1.04. The molecule has 0 spiro atoms. The van der Waals surface area contributed by atoms with E-state index >= 15 is 0 Å². The van der Waals surface area contributed by atoms with Crippen LogP contribution in [0.4, 0.5) is 5.13 Å². The maximum atomic E-state index is 12.1. The van der Waals surface area contributed by atoms with E-state index in [1.807, 2.05) is 24.3 Å². The van der Waals surface area contributed by atoms with Gasteiger partial charge in [-0.25, -0.2) is 10.4 Å². The number of thiazole rings is 1. The molecule has 1 heterocycles. The van der Waals surface area contributed by atoms with E-state index in [2.05, 4.69) is 20.8 Å². The van der Waals surface area contributed by atoms with E-state index in [0.717, 1.165) is 10.2 Å². The lowest BCUT2D eigenvalue weighted by molar-refractivity contribution is -0.121. The molecule has 0 unspecified atom stereocenters. The Kier molecular flexibility index (Phi) is 4.80. The predicted molar refractivity (Wildman–Crippen MR) is 98.2 cm³/mol. The maximum absolute atomic E-state index is 12.1. The van der Waals surface area contributed by atoms with Gasteiger partial charge in [0, 0.05) is 5.56 Å². The quantitative estimate of drug-likeness (QED) is 0.319. The van der Waals surface area contributed by atoms with Crippen LogP contribution in [0.3, 0.4) is 0 Å². The van der Waals surface area contributed by atoms with Gasteiger partial charge in [0.2, 0.25) is 0 Å². The Labute approximate surface area is 147 Å². The fraction of sp³-hybridized carbons (Fsp3) is 0.118. The van der Waals surface area contributed by atoms with Crippen LogP contribution >= 0.6 is 11.3 Å². The number of hydrogen-bond donors (Lipinski definition) is 4. The van der Waals surface area contributed by atoms with Crippen molar-refractivity contribution in [3.8, 4) is 11.5 Å². The largest absolute Gasteiger partial charge is 0.504 e. The second-order valence-corrected chi connectivity index (χ2v) is 6.33. The van der Waals surface area contributed by atoms with E-state index in [9.17, 15) is 15.0 Å². The lowest BCUT2D eigenvalue weighted by Crippen LogP contribution is -2.34. The van der Waals surface area contributed by atoms with Crippen LogP contribution in [0.5, 0.6) is 11.5 Å². The second kappa shape index (κ2) is 7.18. The first-order chi connectivity index (χ1) is 12.0. The first-order valence-corrected chi connectivity index (χ1v) is 8.32. The van der Waals surface area contributed by atoms with Gasteiger partial charge in [-0.05, 0) is 31.2 Å². The van der Waals surface area contributed by atoms with Crippen molar-refractivity contribution >= 4 is 38.8 Å². The highest BCUT2D eigenvalue weighted by Crippen LogP contribution is 2.27. The Morgan fingerprint density at radius 1 is 1.24 bits per heavy atom. The number of benzene rings is 2. The number of aromatic nitrogens is 1. The third-order valence-corrected chi connectivity index (χ3v) is 4.42. The molecule has 4 N–H and O–H groups in total. The highest BCUT2D eigenvalue weighted by atomic mass is 32.1. The number of carbonyl (C=O) groups excluding carboxylic acids is 1. The molecule has 8 heteroatoms. The van der Waals surface area contributed by atoms with Crippen molar-refractivity contribution < 1.29 is 15.0 Å². The molecule has 0 saturated carbocycles. The summed E-state index contributed by atoms with van der Waals surface area (Å²) in [5, 5.41) is 26.5. The van der Waals surface area contributed by atoms with E-state index < -0.39 is 6.04 Å². The summed E-state index contributed by atoms with van der Waals surface area (Å²) in [6.07, 6.45) is 1.26. The van der Waals surface area contributed by atoms with E-state index in [1.165, 1.54) is 23.6 Å². The number of fused-ring (bicyclic) bond motifs is 1. The smallest absolute Gasteiger partial charge is 0.262 e. The molecule has 0 aliphatic rings. The minimum atomic E-state index is -0.546. The summed E-state index contributed by atoms with van der Waals surface area (Å²) in [5.74, 6) is -0.891. The summed E-state index contributed by atoms with van der Waals surface area (Å²) in [6.45, 7) is 1.70. The number of amides is 1. The standard InChI is InChI=1S/C17H16N4O3S/c1-10(19-17-20-12-6-2-3-8-14(12)25-17)16(24)21-18-9-11-5-4-7-13(22)15(11)23/h2-10,22-23H,1H3,(H,19,20)(H,21,24)/b18-9+/t10-/m1/s1. The number of hydrogen-bond acceptors (Lipinski definition) is 7. The van der Waals surface area contributed by atoms with Crippen molar-refractivity contribution in [3.05, 3.63) is 48.0 Å². The monoisotopic (exact) mass is 356 g/mol. The Morgan fingerprint density at radius 2 is 2.04 bits per heavy atom. The van der Waals surface area contributed by atoms with Crippen LogP contribution in [-0.2, 0) is 4.79 Å². The number of rotatable bonds is 5. The van der Waals surface area contributed by atoms with Crippen molar-refractivity contribution in [2.45, 2.75) is 13.0 Å². The van der Waals surface area contributed by atoms with Crippen LogP contribution in [0.1, 0.15) is 12.5 Å². The highest BCUT2D eigenvalue weighted by Gasteiger charge is 2.14. The molecule has 1 aromatic heterocycles. The summed E-state index contributed by atoms with van der Waals surface area (Å²) >= 11 is 1.47. The fourth-order valence-electron chi connectivity index (χ4n) is 2.10. The van der Waals surface area contributed by atoms with Gasteiger partial charge < -0.3 is 15.5 Å². The van der Waals surface area contributed by atoms with Crippen molar-refractivity contribution in [2.24, 2.45) is 5.10 Å². The van der Waals surface area contributed by atoms with Gasteiger partial charge in [-0.15, -0.1) is 0 Å². The van der Waals surface area contributed by atoms with Crippen LogP contribution in [0.15, 0.2) is 47.6 Å². The van der Waals surface area contributed by atoms with Crippen LogP contribution in [0.2, 0.25) is 0 Å². The lowest BCUT2D eigenvalue weighted by atomic mass is 10.2. The van der Waals surface area contributed by atoms with E-state index in [0.29, 0.717) is 10.7 Å². The number of carbonyl (C=O) groups is 1. The average Bonchev–Trinajstić information content (AvgIpc) is 3.00. The molecule has 128 valence electrons. The van der Waals surface area contributed by atoms with E-state index in [-0.39, 0.29) is 17.4 Å². The molecule has 7 nitrogen and oxygen atoms in total. The molecule has 0 bridgehead atoms. The molecule has 0 aliphatic carbocycles. The zero-order valence-electron chi connectivity index (χ0n) is 13.3. The topological polar surface area (TPSA) is 107 Å². The molecule has 0 radical (unpaired) electrons. The van der Waals surface area contributed by atoms with Crippen molar-refractivity contribution in [1.29, 1.82) is 0 Å². The third-order valence-electron chi connectivity index (χ3n) is 3.45. The van der Waals surface area contributed by atoms with E-state index in [4.69, 9.17) is 0 Å². The van der Waals surface area contributed by atoms with Gasteiger partial charge in [0.15, 0.2) is 16.6 Å². The highest BCUT2D eigenvalue weighted by molar-refractivity contribution is 7.22. The van der Waals surface area contributed by atoms with Gasteiger partial charge in [0.25, 0.3) is 5.91 Å². The first-order valence-electron chi connectivity index (χ1n) is 7.50. The summed E-state index contributed by atoms with van der Waals surface area (Å²) in [6, 6.07) is 11.7. The molecule has 0 saturated heterocycles. The molecule has 3 aromatic rings. The minimum absolute atomic E-state index is 0.249. The molecular weight excluding hydrogens is 340 g/mol. The molecule has 25 heavy (non-hydrogen) atoms. The Morgan fingerprint density at radius 3 is 2.84 bits per heavy atom.